The second-order valence-electron chi connectivity index (χ2n) is 7.68. The monoisotopic (exact) mass is 435 g/mol. The molecule has 2 aromatic carbocycles. The largest absolute Gasteiger partial charge is 0.450 e. The van der Waals surface area contributed by atoms with Gasteiger partial charge in [-0.1, -0.05) is 30.3 Å². The van der Waals surface area contributed by atoms with E-state index < -0.39 is 0 Å². The Morgan fingerprint density at radius 1 is 0.938 bits per heavy atom. The van der Waals surface area contributed by atoms with Crippen LogP contribution in [0.25, 0.3) is 16.9 Å². The second-order valence-corrected chi connectivity index (χ2v) is 7.68. The van der Waals surface area contributed by atoms with Gasteiger partial charge in [0.05, 0.1) is 17.9 Å². The highest BCUT2D eigenvalue weighted by Gasteiger charge is 2.28. The Labute approximate surface area is 186 Å². The third-order valence-corrected chi connectivity index (χ3v) is 5.72. The zero-order chi connectivity index (χ0) is 22.7. The minimum Gasteiger partial charge on any atom is -0.450 e. The standard InChI is InChI=1S/C25H26FN3O3/c1-3-32-25(31)28-15-13-27(14-16-28)24(30)22-17-23(19-7-5-4-6-8-19)29(18(22)2)21-11-9-20(26)10-12-21/h4-12,17H,3,13-16H2,1-2H3. The van der Waals surface area contributed by atoms with Crippen molar-refractivity contribution in [3.05, 3.63) is 77.7 Å². The summed E-state index contributed by atoms with van der Waals surface area (Å²) >= 11 is 0. The van der Waals surface area contributed by atoms with Crippen LogP contribution in [0.4, 0.5) is 9.18 Å². The predicted molar refractivity (Wildman–Crippen MR) is 120 cm³/mol. The molecule has 2 heterocycles. The number of amides is 2. The van der Waals surface area contributed by atoms with E-state index in [-0.39, 0.29) is 17.8 Å². The van der Waals surface area contributed by atoms with Gasteiger partial charge < -0.3 is 19.1 Å². The van der Waals surface area contributed by atoms with E-state index in [0.717, 1.165) is 22.6 Å². The fraction of sp³-hybridized carbons (Fsp3) is 0.280. The van der Waals surface area contributed by atoms with Crippen molar-refractivity contribution in [3.63, 3.8) is 0 Å². The molecule has 32 heavy (non-hydrogen) atoms. The molecule has 2 amide bonds. The highest BCUT2D eigenvalue weighted by atomic mass is 19.1. The number of aromatic nitrogens is 1. The van der Waals surface area contributed by atoms with E-state index in [4.69, 9.17) is 4.74 Å². The predicted octanol–water partition coefficient (Wildman–Crippen LogP) is 4.51. The Balaban J connectivity index is 1.66. The third kappa shape index (κ3) is 4.23. The first-order valence-corrected chi connectivity index (χ1v) is 10.7. The van der Waals surface area contributed by atoms with Crippen molar-refractivity contribution in [2.24, 2.45) is 0 Å². The maximum absolute atomic E-state index is 13.5. The van der Waals surface area contributed by atoms with Gasteiger partial charge in [0.25, 0.3) is 5.91 Å². The SMILES string of the molecule is CCOC(=O)N1CCN(C(=O)c2cc(-c3ccccc3)n(-c3ccc(F)cc3)c2C)CC1. The smallest absolute Gasteiger partial charge is 0.409 e. The first kappa shape index (κ1) is 21.6. The molecule has 0 saturated carbocycles. The van der Waals surface area contributed by atoms with Crippen molar-refractivity contribution in [1.29, 1.82) is 0 Å². The molecule has 7 heteroatoms. The van der Waals surface area contributed by atoms with Crippen molar-refractivity contribution < 1.29 is 18.7 Å². The highest BCUT2D eigenvalue weighted by Crippen LogP contribution is 2.30. The fourth-order valence-electron chi connectivity index (χ4n) is 4.04. The number of piperazine rings is 1. The molecule has 1 fully saturated rings. The Morgan fingerprint density at radius 2 is 1.56 bits per heavy atom. The summed E-state index contributed by atoms with van der Waals surface area (Å²) in [5.74, 6) is -0.389. The highest BCUT2D eigenvalue weighted by molar-refractivity contribution is 5.97. The number of ether oxygens (including phenoxy) is 1. The van der Waals surface area contributed by atoms with Crippen molar-refractivity contribution in [2.75, 3.05) is 32.8 Å². The number of halogens is 1. The van der Waals surface area contributed by atoms with Gasteiger partial charge >= 0.3 is 6.09 Å². The van der Waals surface area contributed by atoms with Crippen LogP contribution < -0.4 is 0 Å². The quantitative estimate of drug-likeness (QED) is 0.606. The first-order valence-electron chi connectivity index (χ1n) is 10.7. The molecule has 6 nitrogen and oxygen atoms in total. The number of nitrogens with zero attached hydrogens (tertiary/aromatic N) is 3. The van der Waals surface area contributed by atoms with Crippen LogP contribution in [-0.4, -0.2) is 59.2 Å². The van der Waals surface area contributed by atoms with E-state index in [1.807, 2.05) is 47.9 Å². The van der Waals surface area contributed by atoms with Crippen molar-refractivity contribution in [2.45, 2.75) is 13.8 Å². The minimum absolute atomic E-state index is 0.0796. The van der Waals surface area contributed by atoms with Crippen molar-refractivity contribution in [3.8, 4) is 16.9 Å². The van der Waals surface area contributed by atoms with Gasteiger partial charge in [0.15, 0.2) is 0 Å². The molecule has 0 bridgehead atoms. The summed E-state index contributed by atoms with van der Waals surface area (Å²) in [6, 6.07) is 18.0. The van der Waals surface area contributed by atoms with Gasteiger partial charge in [-0.05, 0) is 49.7 Å². The fourth-order valence-corrected chi connectivity index (χ4v) is 4.04. The molecule has 0 atom stereocenters. The summed E-state index contributed by atoms with van der Waals surface area (Å²) in [7, 11) is 0. The van der Waals surface area contributed by atoms with E-state index >= 15 is 0 Å². The van der Waals surface area contributed by atoms with Crippen LogP contribution in [0.15, 0.2) is 60.7 Å². The lowest BCUT2D eigenvalue weighted by atomic mass is 10.1. The summed E-state index contributed by atoms with van der Waals surface area (Å²) in [6.45, 7) is 5.77. The molecule has 1 saturated heterocycles. The summed E-state index contributed by atoms with van der Waals surface area (Å²) in [5.41, 5.74) is 3.99. The second kappa shape index (κ2) is 9.26. The zero-order valence-corrected chi connectivity index (χ0v) is 18.3. The number of hydrogen-bond acceptors (Lipinski definition) is 3. The van der Waals surface area contributed by atoms with Gasteiger partial charge in [-0.2, -0.15) is 0 Å². The molecule has 4 rings (SSSR count). The molecule has 0 radical (unpaired) electrons. The molecular weight excluding hydrogens is 409 g/mol. The normalized spacial score (nSPS) is 13.8. The first-order chi connectivity index (χ1) is 15.5. The average molecular weight is 435 g/mol. The van der Waals surface area contributed by atoms with Crippen LogP contribution in [0.1, 0.15) is 23.0 Å². The van der Waals surface area contributed by atoms with E-state index in [1.165, 1.54) is 12.1 Å². The maximum atomic E-state index is 13.5. The van der Waals surface area contributed by atoms with Crippen LogP contribution in [0, 0.1) is 12.7 Å². The van der Waals surface area contributed by atoms with Crippen molar-refractivity contribution >= 4 is 12.0 Å². The van der Waals surface area contributed by atoms with Gasteiger partial charge in [-0.15, -0.1) is 0 Å². The summed E-state index contributed by atoms with van der Waals surface area (Å²) in [4.78, 5) is 28.8. The van der Waals surface area contributed by atoms with Crippen LogP contribution in [0.3, 0.4) is 0 Å². The maximum Gasteiger partial charge on any atom is 0.409 e. The molecule has 1 aliphatic heterocycles. The number of benzene rings is 2. The molecule has 3 aromatic rings. The molecule has 1 aliphatic rings. The van der Waals surface area contributed by atoms with Crippen LogP contribution in [0.2, 0.25) is 0 Å². The van der Waals surface area contributed by atoms with Gasteiger partial charge in [-0.25, -0.2) is 9.18 Å². The molecule has 1 aromatic heterocycles. The molecule has 166 valence electrons. The Morgan fingerprint density at radius 3 is 2.19 bits per heavy atom. The van der Waals surface area contributed by atoms with Crippen molar-refractivity contribution in [1.82, 2.24) is 14.4 Å². The third-order valence-electron chi connectivity index (χ3n) is 5.72. The van der Waals surface area contributed by atoms with Gasteiger partial charge in [-0.3, -0.25) is 4.79 Å². The lowest BCUT2D eigenvalue weighted by Gasteiger charge is -2.34. The van der Waals surface area contributed by atoms with Gasteiger partial charge in [0, 0.05) is 37.6 Å². The molecular formula is C25H26FN3O3. The van der Waals surface area contributed by atoms with Crippen LogP contribution in [0.5, 0.6) is 0 Å². The summed E-state index contributed by atoms with van der Waals surface area (Å²) in [6.07, 6.45) is -0.343. The van der Waals surface area contributed by atoms with Gasteiger partial charge in [0.1, 0.15) is 5.82 Å². The average Bonchev–Trinajstić information content (AvgIpc) is 3.17. The number of rotatable bonds is 4. The van der Waals surface area contributed by atoms with Crippen LogP contribution >= 0.6 is 0 Å². The van der Waals surface area contributed by atoms with Crippen LogP contribution in [-0.2, 0) is 4.74 Å². The summed E-state index contributed by atoms with van der Waals surface area (Å²) in [5, 5.41) is 0. The summed E-state index contributed by atoms with van der Waals surface area (Å²) < 4.78 is 20.6. The number of hydrogen-bond donors (Lipinski definition) is 0. The van der Waals surface area contributed by atoms with E-state index in [2.05, 4.69) is 0 Å². The van der Waals surface area contributed by atoms with Gasteiger partial charge in [0.2, 0.25) is 0 Å². The molecule has 0 unspecified atom stereocenters. The van der Waals surface area contributed by atoms with E-state index in [9.17, 15) is 14.0 Å². The Hall–Kier alpha value is -3.61. The van der Waals surface area contributed by atoms with E-state index in [0.29, 0.717) is 38.3 Å². The minimum atomic E-state index is -0.343. The zero-order valence-electron chi connectivity index (χ0n) is 18.3. The lowest BCUT2D eigenvalue weighted by molar-refractivity contribution is 0.0570. The Kier molecular flexibility index (Phi) is 6.25. The van der Waals surface area contributed by atoms with E-state index in [1.54, 1.807) is 28.9 Å². The number of carbonyl (C=O) groups excluding carboxylic acids is 2. The topological polar surface area (TPSA) is 54.8 Å². The lowest BCUT2D eigenvalue weighted by Crippen LogP contribution is -2.50. The molecule has 0 spiro atoms. The molecule has 0 N–H and O–H groups in total. The Bertz CT molecular complexity index is 1100. The number of carbonyl (C=O) groups is 2. The molecule has 0 aliphatic carbocycles.